The Morgan fingerprint density at radius 3 is 2.26 bits per heavy atom. The highest BCUT2D eigenvalue weighted by atomic mass is 16.6. The lowest BCUT2D eigenvalue weighted by Gasteiger charge is -2.11. The highest BCUT2D eigenvalue weighted by Crippen LogP contribution is 2.19. The summed E-state index contributed by atoms with van der Waals surface area (Å²) in [7, 11) is 0. The summed E-state index contributed by atoms with van der Waals surface area (Å²) >= 11 is 0. The van der Waals surface area contributed by atoms with Crippen LogP contribution in [0.2, 0.25) is 0 Å². The van der Waals surface area contributed by atoms with Crippen molar-refractivity contribution in [1.29, 1.82) is 0 Å². The minimum atomic E-state index is -0.238. The molecule has 0 aromatic heterocycles. The lowest BCUT2D eigenvalue weighted by atomic mass is 10.1. The number of para-hydroxylation sites is 1. The van der Waals surface area contributed by atoms with Crippen molar-refractivity contribution in [2.45, 2.75) is 19.4 Å². The summed E-state index contributed by atoms with van der Waals surface area (Å²) in [6.45, 7) is 0.795. The van der Waals surface area contributed by atoms with Crippen LogP contribution in [0.25, 0.3) is 0 Å². The Morgan fingerprint density at radius 2 is 1.52 bits per heavy atom. The van der Waals surface area contributed by atoms with Crippen LogP contribution in [0, 0.1) is 0 Å². The maximum absolute atomic E-state index is 11.9. The average molecular weight is 418 g/mol. The summed E-state index contributed by atoms with van der Waals surface area (Å²) in [4.78, 5) is 17.1. The molecule has 160 valence electrons. The van der Waals surface area contributed by atoms with E-state index in [1.807, 2.05) is 66.7 Å². The maximum atomic E-state index is 11.9. The predicted molar refractivity (Wildman–Crippen MR) is 122 cm³/mol. The number of rotatable bonds is 11. The van der Waals surface area contributed by atoms with Crippen molar-refractivity contribution in [2.75, 3.05) is 13.2 Å². The molecule has 0 atom stereocenters. The van der Waals surface area contributed by atoms with Crippen LogP contribution in [-0.2, 0) is 22.7 Å². The number of hydrogen-bond acceptors (Lipinski definition) is 4. The van der Waals surface area contributed by atoms with Crippen LogP contribution in [0.5, 0.6) is 5.75 Å². The fraction of sp³-hybridized carbons (Fsp3) is 0.200. The van der Waals surface area contributed by atoms with Crippen LogP contribution in [0.4, 0.5) is 0 Å². The number of oxime groups is 1. The van der Waals surface area contributed by atoms with E-state index in [4.69, 9.17) is 15.3 Å². The Hall–Kier alpha value is -3.80. The summed E-state index contributed by atoms with van der Waals surface area (Å²) in [6.07, 6.45) is 1.76. The van der Waals surface area contributed by atoms with E-state index in [1.54, 1.807) is 6.07 Å². The Balaban J connectivity index is 1.43. The van der Waals surface area contributed by atoms with Gasteiger partial charge in [-0.1, -0.05) is 78.0 Å². The molecule has 6 heteroatoms. The number of benzene rings is 3. The summed E-state index contributed by atoms with van der Waals surface area (Å²) < 4.78 is 5.88. The van der Waals surface area contributed by atoms with Crippen LogP contribution in [0.15, 0.2) is 90.1 Å². The molecule has 0 aliphatic carbocycles. The minimum absolute atomic E-state index is 0.153. The van der Waals surface area contributed by atoms with E-state index < -0.39 is 0 Å². The van der Waals surface area contributed by atoms with E-state index in [2.05, 4.69) is 22.6 Å². The largest absolute Gasteiger partial charge is 0.488 e. The summed E-state index contributed by atoms with van der Waals surface area (Å²) in [5.74, 6) is 0.514. The molecular formula is C25H27N3O3. The maximum Gasteiger partial charge on any atom is 0.260 e. The van der Waals surface area contributed by atoms with Crippen LogP contribution in [0.1, 0.15) is 23.1 Å². The van der Waals surface area contributed by atoms with E-state index in [0.29, 0.717) is 24.5 Å². The van der Waals surface area contributed by atoms with Crippen LogP contribution >= 0.6 is 0 Å². The average Bonchev–Trinajstić information content (AvgIpc) is 2.82. The normalized spacial score (nSPS) is 11.0. The number of carbonyl (C=O) groups is 1. The molecule has 0 spiro atoms. The molecule has 0 saturated carbocycles. The van der Waals surface area contributed by atoms with Crippen LogP contribution in [-0.4, -0.2) is 24.9 Å². The molecule has 6 nitrogen and oxygen atoms in total. The highest BCUT2D eigenvalue weighted by molar-refractivity contribution is 5.99. The van der Waals surface area contributed by atoms with Crippen LogP contribution in [0.3, 0.4) is 0 Å². The molecule has 0 saturated heterocycles. The number of amidine groups is 1. The first kappa shape index (κ1) is 21.9. The zero-order valence-corrected chi connectivity index (χ0v) is 17.4. The lowest BCUT2D eigenvalue weighted by Crippen LogP contribution is -2.28. The molecule has 0 fully saturated rings. The molecule has 0 unspecified atom stereocenters. The lowest BCUT2D eigenvalue weighted by molar-refractivity contribution is -0.125. The Bertz CT molecular complexity index is 976. The second-order valence-corrected chi connectivity index (χ2v) is 6.96. The number of carbonyl (C=O) groups excluding carboxylic acids is 1. The topological polar surface area (TPSA) is 85.9 Å². The van der Waals surface area contributed by atoms with Crippen molar-refractivity contribution < 1.29 is 14.4 Å². The fourth-order valence-corrected chi connectivity index (χ4v) is 2.97. The number of nitrogens with zero attached hydrogens (tertiary/aromatic N) is 1. The summed E-state index contributed by atoms with van der Waals surface area (Å²) in [5, 5.41) is 6.70. The molecule has 0 aliphatic rings. The standard InChI is InChI=1S/C25H27N3O3/c26-25(22-15-7-8-16-23(22)30-18-21-12-5-2-6-13-21)28-31-19-24(29)27-17-9-14-20-10-3-1-4-11-20/h1-8,10-13,15-16H,9,14,17-19H2,(H2,26,28)(H,27,29). The monoisotopic (exact) mass is 417 g/mol. The highest BCUT2D eigenvalue weighted by Gasteiger charge is 2.09. The van der Waals surface area contributed by atoms with Gasteiger partial charge in [0.15, 0.2) is 12.4 Å². The number of nitrogens with one attached hydrogen (secondary N) is 1. The Labute approximate surface area is 182 Å². The van der Waals surface area contributed by atoms with Gasteiger partial charge in [0, 0.05) is 6.54 Å². The third-order valence-corrected chi connectivity index (χ3v) is 4.57. The number of hydrogen-bond donors (Lipinski definition) is 2. The van der Waals surface area contributed by atoms with Crippen molar-refractivity contribution in [3.05, 3.63) is 102 Å². The Kier molecular flexibility index (Phi) is 8.49. The number of nitrogens with two attached hydrogens (primary N) is 1. The Morgan fingerprint density at radius 1 is 0.871 bits per heavy atom. The zero-order chi connectivity index (χ0) is 21.7. The quantitative estimate of drug-likeness (QED) is 0.216. The van der Waals surface area contributed by atoms with Crippen molar-refractivity contribution in [2.24, 2.45) is 10.9 Å². The molecule has 0 radical (unpaired) electrons. The molecule has 0 heterocycles. The second-order valence-electron chi connectivity index (χ2n) is 6.96. The van der Waals surface area contributed by atoms with Gasteiger partial charge in [-0.05, 0) is 36.1 Å². The second kappa shape index (κ2) is 12.0. The van der Waals surface area contributed by atoms with E-state index in [-0.39, 0.29) is 18.3 Å². The molecule has 0 aliphatic heterocycles. The number of aryl methyl sites for hydroxylation is 1. The van der Waals surface area contributed by atoms with Crippen molar-refractivity contribution in [3.63, 3.8) is 0 Å². The van der Waals surface area contributed by atoms with Gasteiger partial charge >= 0.3 is 0 Å². The van der Waals surface area contributed by atoms with Gasteiger partial charge in [0.2, 0.25) is 0 Å². The zero-order valence-electron chi connectivity index (χ0n) is 17.4. The van der Waals surface area contributed by atoms with Gasteiger partial charge < -0.3 is 20.6 Å². The first-order valence-corrected chi connectivity index (χ1v) is 10.2. The van der Waals surface area contributed by atoms with Gasteiger partial charge in [-0.2, -0.15) is 0 Å². The van der Waals surface area contributed by atoms with Gasteiger partial charge in [-0.15, -0.1) is 0 Å². The van der Waals surface area contributed by atoms with E-state index >= 15 is 0 Å². The molecule has 1 amide bonds. The van der Waals surface area contributed by atoms with Crippen molar-refractivity contribution in [1.82, 2.24) is 5.32 Å². The van der Waals surface area contributed by atoms with Gasteiger partial charge in [0.25, 0.3) is 5.91 Å². The smallest absolute Gasteiger partial charge is 0.260 e. The first-order chi connectivity index (χ1) is 15.2. The molecular weight excluding hydrogens is 390 g/mol. The third kappa shape index (κ3) is 7.51. The number of amides is 1. The van der Waals surface area contributed by atoms with Gasteiger partial charge in [-0.25, -0.2) is 0 Å². The van der Waals surface area contributed by atoms with Crippen LogP contribution < -0.4 is 15.8 Å². The summed E-state index contributed by atoms with van der Waals surface area (Å²) in [6, 6.07) is 27.3. The fourth-order valence-electron chi connectivity index (χ4n) is 2.97. The molecule has 3 aromatic carbocycles. The van der Waals surface area contributed by atoms with Crippen molar-refractivity contribution in [3.8, 4) is 5.75 Å². The van der Waals surface area contributed by atoms with Gasteiger partial charge in [-0.3, -0.25) is 4.79 Å². The number of ether oxygens (including phenoxy) is 1. The molecule has 0 bridgehead atoms. The minimum Gasteiger partial charge on any atom is -0.488 e. The van der Waals surface area contributed by atoms with Crippen molar-refractivity contribution >= 4 is 11.7 Å². The predicted octanol–water partition coefficient (Wildman–Crippen LogP) is 3.65. The third-order valence-electron chi connectivity index (χ3n) is 4.57. The van der Waals surface area contributed by atoms with E-state index in [0.717, 1.165) is 18.4 Å². The molecule has 3 N–H and O–H groups in total. The molecule has 3 rings (SSSR count). The van der Waals surface area contributed by atoms with Gasteiger partial charge in [0.1, 0.15) is 12.4 Å². The van der Waals surface area contributed by atoms with Gasteiger partial charge in [0.05, 0.1) is 5.56 Å². The molecule has 3 aromatic rings. The first-order valence-electron chi connectivity index (χ1n) is 10.2. The van der Waals surface area contributed by atoms with E-state index in [9.17, 15) is 4.79 Å². The molecule has 31 heavy (non-hydrogen) atoms. The SMILES string of the molecule is N/C(=N/OCC(=O)NCCCc1ccccc1)c1ccccc1OCc1ccccc1. The van der Waals surface area contributed by atoms with E-state index in [1.165, 1.54) is 5.56 Å². The summed E-state index contributed by atoms with van der Waals surface area (Å²) in [5.41, 5.74) is 8.96.